The number of carbonyl (C=O) groups is 1. The maximum atomic E-state index is 12.1. The van der Waals surface area contributed by atoms with Gasteiger partial charge in [-0.2, -0.15) is 0 Å². The molecule has 1 aromatic carbocycles. The number of carbonyl (C=O) groups excluding carboxylic acids is 1. The van der Waals surface area contributed by atoms with Crippen molar-refractivity contribution in [2.24, 2.45) is 5.92 Å². The van der Waals surface area contributed by atoms with Crippen molar-refractivity contribution >= 4 is 17.2 Å². The van der Waals surface area contributed by atoms with Crippen molar-refractivity contribution in [2.45, 2.75) is 13.8 Å². The van der Waals surface area contributed by atoms with Gasteiger partial charge in [0.15, 0.2) is 0 Å². The van der Waals surface area contributed by atoms with Gasteiger partial charge in [0.1, 0.15) is 4.88 Å². The molecule has 1 N–H and O–H groups in total. The van der Waals surface area contributed by atoms with E-state index in [1.807, 2.05) is 55.6 Å². The lowest BCUT2D eigenvalue weighted by Crippen LogP contribution is -2.25. The minimum Gasteiger partial charge on any atom is -0.273 e. The van der Waals surface area contributed by atoms with Gasteiger partial charge in [-0.15, -0.1) is 11.3 Å². The van der Waals surface area contributed by atoms with Crippen molar-refractivity contribution in [1.29, 1.82) is 0 Å². The predicted molar refractivity (Wildman–Crippen MR) is 78.0 cm³/mol. The average molecular weight is 275 g/mol. The maximum absolute atomic E-state index is 12.1. The zero-order chi connectivity index (χ0) is 13.7. The summed E-state index contributed by atoms with van der Waals surface area (Å²) in [6.45, 7) is 4.58. The fraction of sp³-hybridized carbons (Fsp3) is 0.267. The van der Waals surface area contributed by atoms with Gasteiger partial charge in [-0.3, -0.25) is 9.63 Å². The summed E-state index contributed by atoms with van der Waals surface area (Å²) in [5.74, 6) is 0.201. The molecule has 0 aliphatic rings. The van der Waals surface area contributed by atoms with Crippen molar-refractivity contribution in [3.8, 4) is 11.1 Å². The molecule has 0 aliphatic heterocycles. The van der Waals surface area contributed by atoms with Crippen LogP contribution in [-0.4, -0.2) is 12.5 Å². The Morgan fingerprint density at radius 1 is 1.26 bits per heavy atom. The molecule has 1 aromatic heterocycles. The number of hydrogen-bond donors (Lipinski definition) is 1. The monoisotopic (exact) mass is 275 g/mol. The van der Waals surface area contributed by atoms with Crippen LogP contribution in [0.2, 0.25) is 0 Å². The van der Waals surface area contributed by atoms with Crippen LogP contribution >= 0.6 is 11.3 Å². The van der Waals surface area contributed by atoms with E-state index in [2.05, 4.69) is 5.48 Å². The van der Waals surface area contributed by atoms with Crippen molar-refractivity contribution in [1.82, 2.24) is 5.48 Å². The van der Waals surface area contributed by atoms with Crippen molar-refractivity contribution in [3.05, 3.63) is 46.7 Å². The Morgan fingerprint density at radius 2 is 2.00 bits per heavy atom. The fourth-order valence-electron chi connectivity index (χ4n) is 1.65. The third-order valence-corrected chi connectivity index (χ3v) is 3.45. The van der Waals surface area contributed by atoms with Crippen LogP contribution in [0.1, 0.15) is 23.5 Å². The second kappa shape index (κ2) is 6.50. The van der Waals surface area contributed by atoms with Gasteiger partial charge in [-0.05, 0) is 22.9 Å². The smallest absolute Gasteiger partial charge is 0.273 e. The number of thiophene rings is 1. The van der Waals surface area contributed by atoms with Gasteiger partial charge < -0.3 is 0 Å². The van der Waals surface area contributed by atoms with E-state index in [1.54, 1.807) is 0 Å². The highest BCUT2D eigenvalue weighted by molar-refractivity contribution is 7.12. The highest BCUT2D eigenvalue weighted by atomic mass is 32.1. The minimum atomic E-state index is -0.186. The van der Waals surface area contributed by atoms with E-state index in [1.165, 1.54) is 11.3 Å². The second-order valence-electron chi connectivity index (χ2n) is 4.67. The molecule has 1 heterocycles. The number of nitrogens with one attached hydrogen (secondary N) is 1. The van der Waals surface area contributed by atoms with E-state index in [0.717, 1.165) is 11.1 Å². The molecule has 2 rings (SSSR count). The van der Waals surface area contributed by atoms with Crippen LogP contribution < -0.4 is 5.48 Å². The van der Waals surface area contributed by atoms with Crippen LogP contribution in [0.15, 0.2) is 41.8 Å². The van der Waals surface area contributed by atoms with E-state index in [0.29, 0.717) is 17.4 Å². The molecule has 0 spiro atoms. The Morgan fingerprint density at radius 3 is 2.68 bits per heavy atom. The molecule has 0 aliphatic carbocycles. The Bertz CT molecular complexity index is 534. The van der Waals surface area contributed by atoms with Crippen LogP contribution in [0.5, 0.6) is 0 Å². The first kappa shape index (κ1) is 13.8. The molecule has 1 amide bonds. The summed E-state index contributed by atoms with van der Waals surface area (Å²) in [5.41, 5.74) is 4.48. The Kier molecular flexibility index (Phi) is 4.71. The number of rotatable bonds is 5. The van der Waals surface area contributed by atoms with E-state index in [4.69, 9.17) is 4.84 Å². The van der Waals surface area contributed by atoms with Crippen LogP contribution in [-0.2, 0) is 4.84 Å². The number of hydrogen-bond acceptors (Lipinski definition) is 3. The van der Waals surface area contributed by atoms with Crippen molar-refractivity contribution in [2.75, 3.05) is 6.61 Å². The van der Waals surface area contributed by atoms with E-state index in [-0.39, 0.29) is 5.91 Å². The van der Waals surface area contributed by atoms with Gasteiger partial charge in [0.25, 0.3) is 5.91 Å². The standard InChI is InChI=1S/C15H17NO2S/c1-11(2)10-18-16-15(17)14-13(8-9-19-14)12-6-4-3-5-7-12/h3-9,11H,10H2,1-2H3,(H,16,17). The molecule has 4 heteroatoms. The van der Waals surface area contributed by atoms with Gasteiger partial charge >= 0.3 is 0 Å². The lowest BCUT2D eigenvalue weighted by Gasteiger charge is -2.08. The quantitative estimate of drug-likeness (QED) is 0.844. The molecule has 0 radical (unpaired) electrons. The Hall–Kier alpha value is -1.65. The molecule has 0 saturated carbocycles. The largest absolute Gasteiger partial charge is 0.285 e. The average Bonchev–Trinajstić information content (AvgIpc) is 2.88. The molecule has 0 fully saturated rings. The van der Waals surface area contributed by atoms with Crippen LogP contribution in [0.25, 0.3) is 11.1 Å². The fourth-order valence-corrected chi connectivity index (χ4v) is 2.45. The molecule has 19 heavy (non-hydrogen) atoms. The summed E-state index contributed by atoms with van der Waals surface area (Å²) < 4.78 is 0. The second-order valence-corrected chi connectivity index (χ2v) is 5.58. The van der Waals surface area contributed by atoms with Gasteiger partial charge in [-0.1, -0.05) is 44.2 Å². The Balaban J connectivity index is 2.09. The number of amides is 1. The highest BCUT2D eigenvalue weighted by Crippen LogP contribution is 2.27. The van der Waals surface area contributed by atoms with Crippen molar-refractivity contribution < 1.29 is 9.63 Å². The van der Waals surface area contributed by atoms with Crippen molar-refractivity contribution in [3.63, 3.8) is 0 Å². The molecular weight excluding hydrogens is 258 g/mol. The maximum Gasteiger partial charge on any atom is 0.285 e. The first-order valence-corrected chi connectivity index (χ1v) is 7.11. The zero-order valence-corrected chi connectivity index (χ0v) is 11.9. The minimum absolute atomic E-state index is 0.186. The molecule has 100 valence electrons. The molecular formula is C15H17NO2S. The van der Waals surface area contributed by atoms with E-state index >= 15 is 0 Å². The van der Waals surface area contributed by atoms with E-state index < -0.39 is 0 Å². The molecule has 0 unspecified atom stereocenters. The molecule has 3 nitrogen and oxygen atoms in total. The normalized spacial score (nSPS) is 10.7. The van der Waals surface area contributed by atoms with E-state index in [9.17, 15) is 4.79 Å². The molecule has 0 saturated heterocycles. The number of hydroxylamine groups is 1. The predicted octanol–water partition coefficient (Wildman–Crippen LogP) is 3.73. The van der Waals surface area contributed by atoms with Crippen LogP contribution in [0.3, 0.4) is 0 Å². The highest BCUT2D eigenvalue weighted by Gasteiger charge is 2.14. The lowest BCUT2D eigenvalue weighted by atomic mass is 10.1. The summed E-state index contributed by atoms with van der Waals surface area (Å²) in [6.07, 6.45) is 0. The zero-order valence-electron chi connectivity index (χ0n) is 11.1. The van der Waals surface area contributed by atoms with Crippen LogP contribution in [0, 0.1) is 5.92 Å². The summed E-state index contributed by atoms with van der Waals surface area (Å²) >= 11 is 1.42. The first-order chi connectivity index (χ1) is 9.18. The van der Waals surface area contributed by atoms with Gasteiger partial charge in [0, 0.05) is 5.56 Å². The summed E-state index contributed by atoms with van der Waals surface area (Å²) in [6, 6.07) is 11.8. The number of benzene rings is 1. The van der Waals surface area contributed by atoms with Crippen LogP contribution in [0.4, 0.5) is 0 Å². The van der Waals surface area contributed by atoms with Gasteiger partial charge in [-0.25, -0.2) is 5.48 Å². The lowest BCUT2D eigenvalue weighted by molar-refractivity contribution is 0.0212. The third kappa shape index (κ3) is 3.66. The summed E-state index contributed by atoms with van der Waals surface area (Å²) in [4.78, 5) is 17.9. The summed E-state index contributed by atoms with van der Waals surface area (Å²) in [7, 11) is 0. The topological polar surface area (TPSA) is 38.3 Å². The molecule has 2 aromatic rings. The Labute approximate surface area is 117 Å². The van der Waals surface area contributed by atoms with Gasteiger partial charge in [0.2, 0.25) is 0 Å². The summed E-state index contributed by atoms with van der Waals surface area (Å²) in [5, 5.41) is 1.92. The van der Waals surface area contributed by atoms with Gasteiger partial charge in [0.05, 0.1) is 6.61 Å². The molecule has 0 atom stereocenters. The first-order valence-electron chi connectivity index (χ1n) is 6.23. The third-order valence-electron chi connectivity index (χ3n) is 2.54. The molecule has 0 bridgehead atoms. The SMILES string of the molecule is CC(C)CONC(=O)c1sccc1-c1ccccc1.